The summed E-state index contributed by atoms with van der Waals surface area (Å²) in [5.41, 5.74) is 5.04. The number of aldehydes is 1. The van der Waals surface area contributed by atoms with Gasteiger partial charge in [-0.1, -0.05) is 69.2 Å². The second-order valence-electron chi connectivity index (χ2n) is 9.91. The third-order valence-electron chi connectivity index (χ3n) is 3.95. The number of rotatable bonds is 10. The molecule has 16 nitrogen and oxygen atoms in total. The number of hydrogen-bond donors (Lipinski definition) is 10. The van der Waals surface area contributed by atoms with E-state index in [9.17, 15) is 28.8 Å². The van der Waals surface area contributed by atoms with Gasteiger partial charge in [-0.05, 0) is 0 Å². The maximum Gasteiger partial charge on any atom is 0.305 e. The highest BCUT2D eigenvalue weighted by Gasteiger charge is 2.28. The summed E-state index contributed by atoms with van der Waals surface area (Å²) >= 11 is 0. The van der Waals surface area contributed by atoms with Gasteiger partial charge in [-0.15, -0.1) is 0 Å². The zero-order chi connectivity index (χ0) is 35.5. The lowest BCUT2D eigenvalue weighted by molar-refractivity contribution is -0.141. The first-order valence-electron chi connectivity index (χ1n) is 12.8. The lowest BCUT2D eigenvalue weighted by Crippen LogP contribution is -2.49. The van der Waals surface area contributed by atoms with Crippen LogP contribution in [0, 0.1) is 29.6 Å². The molecule has 4 atom stereocenters. The van der Waals surface area contributed by atoms with E-state index < -0.39 is 60.8 Å². The van der Waals surface area contributed by atoms with E-state index in [-0.39, 0.29) is 35.9 Å². The molecule has 0 rings (SSSR count). The van der Waals surface area contributed by atoms with Gasteiger partial charge in [0.25, 0.3) is 0 Å². The Labute approximate surface area is 246 Å². The fourth-order valence-electron chi connectivity index (χ4n) is 0.644. The smallest absolute Gasteiger partial charge is 0.305 e. The number of nitrogens with two attached hydrogens (primary N) is 1. The fraction of sp³-hybridized carbons (Fsp3) is 0.769. The number of aliphatic hydroxyl groups excluding tert-OH is 4. The SMILES string of the molecule is CC(C)C(=O)O.CC(C)C(=O)O.CC(C)C(=O)O.CC(C)C(=O)O.CC(C)C(=O)O.N[C@@H](C=O)[C@@H](O)[C@H](O)[C@H](O)CO. The van der Waals surface area contributed by atoms with Crippen LogP contribution in [0.2, 0.25) is 0 Å². The van der Waals surface area contributed by atoms with Crippen molar-refractivity contribution in [3.8, 4) is 0 Å². The minimum atomic E-state index is -1.62. The molecule has 16 heteroatoms. The Hall–Kier alpha value is -3.18. The van der Waals surface area contributed by atoms with Crippen LogP contribution in [0.1, 0.15) is 69.2 Å². The van der Waals surface area contributed by atoms with Crippen LogP contribution in [0.3, 0.4) is 0 Å². The van der Waals surface area contributed by atoms with Gasteiger partial charge in [0, 0.05) is 0 Å². The van der Waals surface area contributed by atoms with Crippen molar-refractivity contribution in [3.05, 3.63) is 0 Å². The number of aliphatic carboxylic acids is 5. The molecule has 0 spiro atoms. The van der Waals surface area contributed by atoms with E-state index in [2.05, 4.69) is 0 Å². The lowest BCUT2D eigenvalue weighted by Gasteiger charge is -2.23. The Morgan fingerprint density at radius 1 is 0.524 bits per heavy atom. The van der Waals surface area contributed by atoms with Crippen molar-refractivity contribution < 1.29 is 74.7 Å². The van der Waals surface area contributed by atoms with Gasteiger partial charge in [0.1, 0.15) is 24.6 Å². The molecule has 0 saturated carbocycles. The standard InChI is InChI=1S/C6H13NO5.5C4H8O2/c7-3(1-8)5(11)6(12)4(10)2-9;5*1-3(2)4(5)6/h1,3-6,9-12H,2,7H2;5*3H,1-2H3,(H,5,6)/t3-,4+,5+,6+;;;;;/m0...../s1. The zero-order valence-corrected chi connectivity index (χ0v) is 26.0. The van der Waals surface area contributed by atoms with Crippen molar-refractivity contribution in [3.63, 3.8) is 0 Å². The molecule has 0 unspecified atom stereocenters. The van der Waals surface area contributed by atoms with Crippen molar-refractivity contribution in [1.82, 2.24) is 0 Å². The van der Waals surface area contributed by atoms with Gasteiger partial charge < -0.3 is 56.5 Å². The molecule has 42 heavy (non-hydrogen) atoms. The van der Waals surface area contributed by atoms with E-state index >= 15 is 0 Å². The molecule has 11 N–H and O–H groups in total. The first kappa shape index (κ1) is 51.5. The van der Waals surface area contributed by atoms with Crippen LogP contribution in [0.5, 0.6) is 0 Å². The summed E-state index contributed by atoms with van der Waals surface area (Å²) in [6.07, 6.45) is -4.43. The maximum atomic E-state index is 10.0. The van der Waals surface area contributed by atoms with Crippen molar-refractivity contribution in [2.75, 3.05) is 6.61 Å². The van der Waals surface area contributed by atoms with Gasteiger partial charge in [0.05, 0.1) is 42.2 Å². The first-order chi connectivity index (χ1) is 18.8. The van der Waals surface area contributed by atoms with Crippen LogP contribution in [0.25, 0.3) is 0 Å². The predicted molar refractivity (Wildman–Crippen MR) is 152 cm³/mol. The molecule has 0 bridgehead atoms. The van der Waals surface area contributed by atoms with Gasteiger partial charge in [-0.25, -0.2) is 0 Å². The van der Waals surface area contributed by atoms with Crippen molar-refractivity contribution in [2.45, 2.75) is 93.6 Å². The molecular formula is C26H53NO15. The van der Waals surface area contributed by atoms with Crippen LogP contribution >= 0.6 is 0 Å². The van der Waals surface area contributed by atoms with Crippen LogP contribution in [-0.2, 0) is 28.8 Å². The molecule has 0 aromatic carbocycles. The molecule has 0 fully saturated rings. The summed E-state index contributed by atoms with van der Waals surface area (Å²) in [5.74, 6) is -4.86. The monoisotopic (exact) mass is 619 g/mol. The number of carboxylic acid groups (broad SMARTS) is 5. The number of carbonyl (C=O) groups is 6. The highest BCUT2D eigenvalue weighted by Crippen LogP contribution is 2.01. The summed E-state index contributed by atoms with van der Waals surface area (Å²) in [7, 11) is 0. The minimum absolute atomic E-state index is 0.231. The van der Waals surface area contributed by atoms with Gasteiger partial charge >= 0.3 is 29.8 Å². The Kier molecular flexibility index (Phi) is 37.8. The molecular weight excluding hydrogens is 566 g/mol. The number of carboxylic acids is 5. The Balaban J connectivity index is -0.0000000955. The predicted octanol–water partition coefficient (Wildman–Crippen LogP) is 0.223. The van der Waals surface area contributed by atoms with Crippen LogP contribution in [0.15, 0.2) is 0 Å². The number of hydrogen-bond acceptors (Lipinski definition) is 11. The summed E-state index contributed by atoms with van der Waals surface area (Å²) in [6, 6.07) is -1.26. The third-order valence-corrected chi connectivity index (χ3v) is 3.95. The molecule has 0 aliphatic rings. The van der Waals surface area contributed by atoms with Crippen LogP contribution < -0.4 is 5.73 Å². The molecule has 0 aromatic rings. The molecule has 0 radical (unpaired) electrons. The van der Waals surface area contributed by atoms with Crippen LogP contribution in [-0.4, -0.2) is 113 Å². The summed E-state index contributed by atoms with van der Waals surface area (Å²) < 4.78 is 0. The molecule has 0 aliphatic heterocycles. The van der Waals surface area contributed by atoms with E-state index in [0.717, 1.165) is 0 Å². The fourth-order valence-corrected chi connectivity index (χ4v) is 0.644. The molecule has 0 aromatic heterocycles. The molecule has 0 saturated heterocycles. The van der Waals surface area contributed by atoms with Crippen molar-refractivity contribution in [1.29, 1.82) is 0 Å². The van der Waals surface area contributed by atoms with Gasteiger partial charge in [0.15, 0.2) is 0 Å². The molecule has 0 aliphatic carbocycles. The van der Waals surface area contributed by atoms with Crippen molar-refractivity contribution >= 4 is 36.1 Å². The van der Waals surface area contributed by atoms with Crippen LogP contribution in [0.4, 0.5) is 0 Å². The summed E-state index contributed by atoms with van der Waals surface area (Å²) in [5, 5.41) is 75.1. The zero-order valence-electron chi connectivity index (χ0n) is 26.0. The summed E-state index contributed by atoms with van der Waals surface area (Å²) in [6.45, 7) is 15.7. The molecule has 252 valence electrons. The topological polar surface area (TPSA) is 311 Å². The number of carbonyl (C=O) groups excluding carboxylic acids is 1. The largest absolute Gasteiger partial charge is 0.481 e. The minimum Gasteiger partial charge on any atom is -0.481 e. The molecule has 0 amide bonds. The second-order valence-corrected chi connectivity index (χ2v) is 9.91. The van der Waals surface area contributed by atoms with E-state index in [1.165, 1.54) is 0 Å². The number of aliphatic hydroxyl groups is 4. The Morgan fingerprint density at radius 3 is 0.786 bits per heavy atom. The van der Waals surface area contributed by atoms with Crippen molar-refractivity contribution in [2.24, 2.45) is 35.3 Å². The van der Waals surface area contributed by atoms with Gasteiger partial charge in [0.2, 0.25) is 0 Å². The highest BCUT2D eigenvalue weighted by atomic mass is 16.4. The average molecular weight is 620 g/mol. The first-order valence-corrected chi connectivity index (χ1v) is 12.8. The normalized spacial score (nSPS) is 12.6. The average Bonchev–Trinajstić information content (AvgIpc) is 2.88. The highest BCUT2D eigenvalue weighted by molar-refractivity contribution is 5.70. The third kappa shape index (κ3) is 43.9. The van der Waals surface area contributed by atoms with E-state index in [1.807, 2.05) is 0 Å². The van der Waals surface area contributed by atoms with E-state index in [4.69, 9.17) is 51.7 Å². The van der Waals surface area contributed by atoms with Gasteiger partial charge in [-0.3, -0.25) is 24.0 Å². The maximum absolute atomic E-state index is 10.0. The second kappa shape index (κ2) is 30.8. The lowest BCUT2D eigenvalue weighted by atomic mass is 10.0. The van der Waals surface area contributed by atoms with Gasteiger partial charge in [-0.2, -0.15) is 0 Å². The summed E-state index contributed by atoms with van der Waals surface area (Å²) in [4.78, 5) is 58.5. The Morgan fingerprint density at radius 2 is 0.690 bits per heavy atom. The van der Waals surface area contributed by atoms with E-state index in [0.29, 0.717) is 0 Å². The van der Waals surface area contributed by atoms with E-state index in [1.54, 1.807) is 69.2 Å². The quantitative estimate of drug-likeness (QED) is 0.146. The molecule has 0 heterocycles. The Bertz CT molecular complexity index is 633.